The summed E-state index contributed by atoms with van der Waals surface area (Å²) >= 11 is 12.5. The van der Waals surface area contributed by atoms with E-state index in [9.17, 15) is 0 Å². The van der Waals surface area contributed by atoms with Gasteiger partial charge in [-0.2, -0.15) is 5.10 Å². The molecular formula is C18H20Cl2N2O. The topological polar surface area (TPSA) is 33.6 Å². The molecular weight excluding hydrogens is 331 g/mol. The highest BCUT2D eigenvalue weighted by molar-refractivity contribution is 6.37. The van der Waals surface area contributed by atoms with Gasteiger partial charge in [0.1, 0.15) is 0 Å². The first kappa shape index (κ1) is 17.6. The van der Waals surface area contributed by atoms with Gasteiger partial charge < -0.3 is 4.74 Å². The van der Waals surface area contributed by atoms with E-state index in [4.69, 9.17) is 27.9 Å². The number of nitrogens with zero attached hydrogens (tertiary/aromatic N) is 1. The van der Waals surface area contributed by atoms with Gasteiger partial charge in [0.15, 0.2) is 5.75 Å². The van der Waals surface area contributed by atoms with Crippen LogP contribution in [0.15, 0.2) is 41.5 Å². The molecule has 0 aromatic heterocycles. The Morgan fingerprint density at radius 1 is 1.13 bits per heavy atom. The van der Waals surface area contributed by atoms with E-state index in [1.807, 2.05) is 31.2 Å². The lowest BCUT2D eigenvalue weighted by molar-refractivity contribution is 0.271. The summed E-state index contributed by atoms with van der Waals surface area (Å²) in [5.74, 6) is 0.924. The van der Waals surface area contributed by atoms with Crippen molar-refractivity contribution in [2.75, 3.05) is 12.0 Å². The van der Waals surface area contributed by atoms with Crippen molar-refractivity contribution in [1.82, 2.24) is 0 Å². The smallest absolute Gasteiger partial charge is 0.156 e. The predicted octanol–water partition coefficient (Wildman–Crippen LogP) is 5.78. The number of hydrogen-bond donors (Lipinski definition) is 1. The summed E-state index contributed by atoms with van der Waals surface area (Å²) in [5, 5.41) is 5.16. The van der Waals surface area contributed by atoms with Gasteiger partial charge in [-0.1, -0.05) is 54.7 Å². The number of benzene rings is 2. The van der Waals surface area contributed by atoms with Gasteiger partial charge in [-0.25, -0.2) is 0 Å². The Kier molecular flexibility index (Phi) is 6.31. The van der Waals surface area contributed by atoms with Gasteiger partial charge in [0, 0.05) is 0 Å². The minimum Gasteiger partial charge on any atom is -0.490 e. The Labute approximate surface area is 147 Å². The zero-order valence-electron chi connectivity index (χ0n) is 13.4. The molecule has 0 aliphatic carbocycles. The monoisotopic (exact) mass is 350 g/mol. The minimum absolute atomic E-state index is 0.405. The van der Waals surface area contributed by atoms with Crippen LogP contribution in [-0.2, 0) is 0 Å². The fourth-order valence-electron chi connectivity index (χ4n) is 1.85. The second-order valence-electron chi connectivity index (χ2n) is 5.75. The lowest BCUT2D eigenvalue weighted by Crippen LogP contribution is -2.05. The molecule has 0 amide bonds. The number of anilines is 1. The van der Waals surface area contributed by atoms with Crippen LogP contribution in [-0.4, -0.2) is 12.8 Å². The van der Waals surface area contributed by atoms with Crippen molar-refractivity contribution >= 4 is 35.1 Å². The molecule has 0 aliphatic heterocycles. The standard InChI is InChI=1S/C18H20Cl2N2O/c1-12(2)11-23-18-16(19)8-14(9-17(18)20)10-21-22-15-6-4-13(3)5-7-15/h4-10,12,22H,11H2,1-3H3/b21-10+. The van der Waals surface area contributed by atoms with Crippen molar-refractivity contribution in [2.45, 2.75) is 20.8 Å². The van der Waals surface area contributed by atoms with Crippen LogP contribution < -0.4 is 10.2 Å². The quantitative estimate of drug-likeness (QED) is 0.528. The molecule has 0 saturated heterocycles. The Morgan fingerprint density at radius 2 is 1.74 bits per heavy atom. The maximum Gasteiger partial charge on any atom is 0.156 e. The van der Waals surface area contributed by atoms with Crippen LogP contribution in [0.3, 0.4) is 0 Å². The molecule has 0 aliphatic rings. The molecule has 0 atom stereocenters. The van der Waals surface area contributed by atoms with Crippen molar-refractivity contribution in [3.8, 4) is 5.75 Å². The fraction of sp³-hybridized carbons (Fsp3) is 0.278. The van der Waals surface area contributed by atoms with Crippen molar-refractivity contribution < 1.29 is 4.74 Å². The molecule has 23 heavy (non-hydrogen) atoms. The van der Waals surface area contributed by atoms with E-state index < -0.39 is 0 Å². The molecule has 0 heterocycles. The summed E-state index contributed by atoms with van der Waals surface area (Å²) in [5.41, 5.74) is 5.89. The minimum atomic E-state index is 0.405. The number of hydrazone groups is 1. The molecule has 0 spiro atoms. The first-order chi connectivity index (χ1) is 11.0. The third kappa shape index (κ3) is 5.45. The number of halogens is 2. The van der Waals surface area contributed by atoms with Crippen molar-refractivity contribution in [3.05, 3.63) is 57.6 Å². The molecule has 122 valence electrons. The highest BCUT2D eigenvalue weighted by Gasteiger charge is 2.10. The second-order valence-corrected chi connectivity index (χ2v) is 6.57. The Morgan fingerprint density at radius 3 is 2.30 bits per heavy atom. The molecule has 0 saturated carbocycles. The molecule has 1 N–H and O–H groups in total. The number of ether oxygens (including phenoxy) is 1. The fourth-order valence-corrected chi connectivity index (χ4v) is 2.46. The maximum atomic E-state index is 6.24. The molecule has 3 nitrogen and oxygen atoms in total. The summed E-state index contributed by atoms with van der Waals surface area (Å²) in [6.45, 7) is 6.75. The first-order valence-electron chi connectivity index (χ1n) is 7.43. The predicted molar refractivity (Wildman–Crippen MR) is 99.2 cm³/mol. The normalized spacial score (nSPS) is 11.2. The highest BCUT2D eigenvalue weighted by atomic mass is 35.5. The van der Waals surface area contributed by atoms with E-state index in [0.29, 0.717) is 28.3 Å². The first-order valence-corrected chi connectivity index (χ1v) is 8.19. The molecule has 2 rings (SSSR count). The molecule has 0 fully saturated rings. The Bertz CT molecular complexity index is 659. The Balaban J connectivity index is 2.05. The van der Waals surface area contributed by atoms with Crippen LogP contribution in [0.5, 0.6) is 5.75 Å². The van der Waals surface area contributed by atoms with Crippen LogP contribution in [0.2, 0.25) is 10.0 Å². The van der Waals surface area contributed by atoms with E-state index in [2.05, 4.69) is 24.4 Å². The van der Waals surface area contributed by atoms with Gasteiger partial charge in [0.25, 0.3) is 0 Å². The van der Waals surface area contributed by atoms with E-state index in [0.717, 1.165) is 11.3 Å². The second kappa shape index (κ2) is 8.23. The van der Waals surface area contributed by atoms with Gasteiger partial charge in [-0.05, 0) is 42.7 Å². The van der Waals surface area contributed by atoms with Crippen LogP contribution in [0.4, 0.5) is 5.69 Å². The SMILES string of the molecule is Cc1ccc(N/N=C/c2cc(Cl)c(OCC(C)C)c(Cl)c2)cc1. The van der Waals surface area contributed by atoms with E-state index >= 15 is 0 Å². The number of rotatable bonds is 6. The summed E-state index contributed by atoms with van der Waals surface area (Å²) in [6.07, 6.45) is 1.67. The van der Waals surface area contributed by atoms with Gasteiger partial charge in [-0.15, -0.1) is 0 Å². The lowest BCUT2D eigenvalue weighted by Gasteiger charge is -2.12. The van der Waals surface area contributed by atoms with Crippen molar-refractivity contribution in [2.24, 2.45) is 11.0 Å². The summed E-state index contributed by atoms with van der Waals surface area (Å²) in [4.78, 5) is 0. The zero-order chi connectivity index (χ0) is 16.8. The average molecular weight is 351 g/mol. The molecule has 5 heteroatoms. The summed E-state index contributed by atoms with van der Waals surface area (Å²) < 4.78 is 5.64. The van der Waals surface area contributed by atoms with Crippen LogP contribution >= 0.6 is 23.2 Å². The van der Waals surface area contributed by atoms with Gasteiger partial charge >= 0.3 is 0 Å². The van der Waals surface area contributed by atoms with Gasteiger partial charge in [0.2, 0.25) is 0 Å². The largest absolute Gasteiger partial charge is 0.490 e. The average Bonchev–Trinajstić information content (AvgIpc) is 2.48. The van der Waals surface area contributed by atoms with E-state index in [1.54, 1.807) is 18.3 Å². The molecule has 2 aromatic rings. The zero-order valence-corrected chi connectivity index (χ0v) is 14.9. The lowest BCUT2D eigenvalue weighted by atomic mass is 10.2. The van der Waals surface area contributed by atoms with Crippen LogP contribution in [0, 0.1) is 12.8 Å². The maximum absolute atomic E-state index is 6.24. The molecule has 0 unspecified atom stereocenters. The summed E-state index contributed by atoms with van der Waals surface area (Å²) in [7, 11) is 0. The van der Waals surface area contributed by atoms with E-state index in [1.165, 1.54) is 5.56 Å². The Hall–Kier alpha value is -1.71. The number of hydrogen-bond acceptors (Lipinski definition) is 3. The molecule has 2 aromatic carbocycles. The third-order valence-electron chi connectivity index (χ3n) is 3.04. The summed E-state index contributed by atoms with van der Waals surface area (Å²) in [6, 6.07) is 11.5. The molecule has 0 bridgehead atoms. The van der Waals surface area contributed by atoms with Gasteiger partial charge in [0.05, 0.1) is 28.6 Å². The van der Waals surface area contributed by atoms with Crippen molar-refractivity contribution in [1.29, 1.82) is 0 Å². The number of aryl methyl sites for hydroxylation is 1. The van der Waals surface area contributed by atoms with Crippen LogP contribution in [0.1, 0.15) is 25.0 Å². The number of nitrogens with one attached hydrogen (secondary N) is 1. The third-order valence-corrected chi connectivity index (χ3v) is 3.60. The molecule has 0 radical (unpaired) electrons. The van der Waals surface area contributed by atoms with Crippen molar-refractivity contribution in [3.63, 3.8) is 0 Å². The van der Waals surface area contributed by atoms with Gasteiger partial charge in [-0.3, -0.25) is 5.43 Å². The van der Waals surface area contributed by atoms with Crippen LogP contribution in [0.25, 0.3) is 0 Å². The van der Waals surface area contributed by atoms with E-state index in [-0.39, 0.29) is 0 Å². The highest BCUT2D eigenvalue weighted by Crippen LogP contribution is 2.34.